The lowest BCUT2D eigenvalue weighted by atomic mass is 10.1. The van der Waals surface area contributed by atoms with Gasteiger partial charge in [0.2, 0.25) is 0 Å². The van der Waals surface area contributed by atoms with Crippen molar-refractivity contribution in [2.75, 3.05) is 12.4 Å². The van der Waals surface area contributed by atoms with Crippen LogP contribution in [0.4, 0.5) is 10.1 Å². The van der Waals surface area contributed by atoms with E-state index in [0.29, 0.717) is 16.3 Å². The van der Waals surface area contributed by atoms with Gasteiger partial charge in [-0.2, -0.15) is 0 Å². The van der Waals surface area contributed by atoms with Crippen LogP contribution >= 0.6 is 11.6 Å². The molecule has 0 aromatic heterocycles. The maximum Gasteiger partial charge on any atom is 0.139 e. The summed E-state index contributed by atoms with van der Waals surface area (Å²) in [7, 11) is 1.57. The van der Waals surface area contributed by atoms with Gasteiger partial charge in [0.1, 0.15) is 11.6 Å². The number of aryl methyl sites for hydroxylation is 1. The maximum absolute atomic E-state index is 13.6. The average molecular weight is 294 g/mol. The Morgan fingerprint density at radius 3 is 2.60 bits per heavy atom. The van der Waals surface area contributed by atoms with E-state index in [2.05, 4.69) is 5.32 Å². The molecule has 20 heavy (non-hydrogen) atoms. The summed E-state index contributed by atoms with van der Waals surface area (Å²) in [6.07, 6.45) is 0. The first kappa shape index (κ1) is 14.7. The van der Waals surface area contributed by atoms with Crippen molar-refractivity contribution in [3.05, 3.63) is 58.4 Å². The molecule has 2 nitrogen and oxygen atoms in total. The highest BCUT2D eigenvalue weighted by atomic mass is 35.5. The molecule has 2 rings (SSSR count). The Balaban J connectivity index is 2.18. The largest absolute Gasteiger partial charge is 0.495 e. The lowest BCUT2D eigenvalue weighted by Crippen LogP contribution is -2.07. The van der Waals surface area contributed by atoms with Crippen molar-refractivity contribution in [2.24, 2.45) is 0 Å². The molecule has 2 aromatic carbocycles. The minimum Gasteiger partial charge on any atom is -0.495 e. The van der Waals surface area contributed by atoms with Gasteiger partial charge in [-0.3, -0.25) is 0 Å². The third-order valence-corrected chi connectivity index (χ3v) is 3.54. The topological polar surface area (TPSA) is 21.3 Å². The molecule has 1 atom stereocenters. The molecule has 0 saturated carbocycles. The summed E-state index contributed by atoms with van der Waals surface area (Å²) in [4.78, 5) is 0. The second-order valence-electron chi connectivity index (χ2n) is 4.72. The normalized spacial score (nSPS) is 12.1. The zero-order valence-electron chi connectivity index (χ0n) is 11.7. The Bertz CT molecular complexity index is 615. The van der Waals surface area contributed by atoms with E-state index < -0.39 is 0 Å². The number of anilines is 1. The van der Waals surface area contributed by atoms with Crippen LogP contribution in [0.5, 0.6) is 5.75 Å². The molecule has 0 heterocycles. The fourth-order valence-electron chi connectivity index (χ4n) is 1.96. The molecular weight excluding hydrogens is 277 g/mol. The first-order chi connectivity index (χ1) is 9.51. The predicted molar refractivity (Wildman–Crippen MR) is 81.2 cm³/mol. The van der Waals surface area contributed by atoms with Crippen molar-refractivity contribution in [3.8, 4) is 5.75 Å². The Morgan fingerprint density at radius 1 is 1.20 bits per heavy atom. The van der Waals surface area contributed by atoms with E-state index in [0.717, 1.165) is 11.3 Å². The summed E-state index contributed by atoms with van der Waals surface area (Å²) in [5.41, 5.74) is 2.41. The monoisotopic (exact) mass is 293 g/mol. The smallest absolute Gasteiger partial charge is 0.139 e. The minimum atomic E-state index is -0.190. The summed E-state index contributed by atoms with van der Waals surface area (Å²) in [6, 6.07) is 10.7. The third kappa shape index (κ3) is 3.23. The van der Waals surface area contributed by atoms with Gasteiger partial charge < -0.3 is 10.1 Å². The number of halogens is 2. The van der Waals surface area contributed by atoms with Gasteiger partial charge in [-0.25, -0.2) is 4.39 Å². The lowest BCUT2D eigenvalue weighted by molar-refractivity contribution is 0.415. The number of ether oxygens (including phenoxy) is 1. The van der Waals surface area contributed by atoms with E-state index in [1.165, 1.54) is 0 Å². The van der Waals surface area contributed by atoms with Gasteiger partial charge in [0, 0.05) is 17.8 Å². The van der Waals surface area contributed by atoms with Gasteiger partial charge in [-0.15, -0.1) is 0 Å². The fourth-order valence-corrected chi connectivity index (χ4v) is 2.16. The second-order valence-corrected chi connectivity index (χ2v) is 5.13. The predicted octanol–water partition coefficient (Wildman–Crippen LogP) is 4.97. The van der Waals surface area contributed by atoms with Gasteiger partial charge in [0.05, 0.1) is 12.1 Å². The number of rotatable bonds is 4. The Labute approximate surface area is 123 Å². The Morgan fingerprint density at radius 2 is 1.95 bits per heavy atom. The maximum atomic E-state index is 13.6. The molecule has 0 aliphatic heterocycles. The molecule has 0 aliphatic carbocycles. The molecule has 0 saturated heterocycles. The van der Waals surface area contributed by atoms with E-state index in [1.54, 1.807) is 32.2 Å². The zero-order valence-corrected chi connectivity index (χ0v) is 12.5. The van der Waals surface area contributed by atoms with Crippen LogP contribution in [0.2, 0.25) is 5.02 Å². The molecule has 0 radical (unpaired) electrons. The number of hydrogen-bond acceptors (Lipinski definition) is 2. The van der Waals surface area contributed by atoms with Crippen LogP contribution in [0.15, 0.2) is 36.4 Å². The highest BCUT2D eigenvalue weighted by Gasteiger charge is 2.09. The highest BCUT2D eigenvalue weighted by molar-refractivity contribution is 6.32. The van der Waals surface area contributed by atoms with Crippen LogP contribution in [0.25, 0.3) is 0 Å². The number of nitrogens with one attached hydrogen (secondary N) is 1. The molecule has 1 unspecified atom stereocenters. The van der Waals surface area contributed by atoms with Crippen molar-refractivity contribution < 1.29 is 9.13 Å². The molecule has 106 valence electrons. The molecule has 1 N–H and O–H groups in total. The van der Waals surface area contributed by atoms with Crippen LogP contribution in [-0.4, -0.2) is 7.11 Å². The van der Waals surface area contributed by atoms with Crippen LogP contribution in [-0.2, 0) is 0 Å². The Hall–Kier alpha value is -1.74. The summed E-state index contributed by atoms with van der Waals surface area (Å²) in [5, 5.41) is 3.86. The fraction of sp³-hybridized carbons (Fsp3) is 0.250. The molecule has 0 amide bonds. The number of benzene rings is 2. The summed E-state index contributed by atoms with van der Waals surface area (Å²) in [5.74, 6) is 0.420. The van der Waals surface area contributed by atoms with E-state index in [9.17, 15) is 4.39 Å². The zero-order chi connectivity index (χ0) is 14.7. The molecule has 0 bridgehead atoms. The first-order valence-corrected chi connectivity index (χ1v) is 6.75. The van der Waals surface area contributed by atoms with Crippen LogP contribution in [0.1, 0.15) is 24.1 Å². The SMILES string of the molecule is COc1cc(NC(C)c2ccc(C)c(F)c2)ccc1Cl. The molecule has 2 aromatic rings. The summed E-state index contributed by atoms with van der Waals surface area (Å²) >= 11 is 5.99. The van der Waals surface area contributed by atoms with Crippen LogP contribution in [0, 0.1) is 12.7 Å². The molecular formula is C16H17ClFNO. The van der Waals surface area contributed by atoms with Gasteiger partial charge in [0.25, 0.3) is 0 Å². The second kappa shape index (κ2) is 6.14. The Kier molecular flexibility index (Phi) is 4.50. The van der Waals surface area contributed by atoms with Gasteiger partial charge in [-0.05, 0) is 43.2 Å². The number of methoxy groups -OCH3 is 1. The third-order valence-electron chi connectivity index (χ3n) is 3.23. The minimum absolute atomic E-state index is 0.0176. The standard InChI is InChI=1S/C16H17ClFNO/c1-10-4-5-12(8-15(10)18)11(2)19-13-6-7-14(17)16(9-13)20-3/h4-9,11,19H,1-3H3. The van der Waals surface area contributed by atoms with E-state index in [4.69, 9.17) is 16.3 Å². The molecule has 0 aliphatic rings. The molecule has 0 spiro atoms. The van der Waals surface area contributed by atoms with Gasteiger partial charge in [0.15, 0.2) is 0 Å². The number of hydrogen-bond donors (Lipinski definition) is 1. The van der Waals surface area contributed by atoms with Crippen LogP contribution < -0.4 is 10.1 Å². The quantitative estimate of drug-likeness (QED) is 0.859. The van der Waals surface area contributed by atoms with E-state index in [1.807, 2.05) is 25.1 Å². The van der Waals surface area contributed by atoms with Gasteiger partial charge >= 0.3 is 0 Å². The average Bonchev–Trinajstić information content (AvgIpc) is 2.43. The van der Waals surface area contributed by atoms with Crippen molar-refractivity contribution in [1.29, 1.82) is 0 Å². The summed E-state index contributed by atoms with van der Waals surface area (Å²) in [6.45, 7) is 3.73. The molecule has 4 heteroatoms. The van der Waals surface area contributed by atoms with E-state index >= 15 is 0 Å². The van der Waals surface area contributed by atoms with Crippen molar-refractivity contribution in [3.63, 3.8) is 0 Å². The van der Waals surface area contributed by atoms with Crippen molar-refractivity contribution in [1.82, 2.24) is 0 Å². The van der Waals surface area contributed by atoms with Gasteiger partial charge in [-0.1, -0.05) is 23.7 Å². The summed E-state index contributed by atoms with van der Waals surface area (Å²) < 4.78 is 18.8. The lowest BCUT2D eigenvalue weighted by Gasteiger charge is -2.17. The van der Waals surface area contributed by atoms with Crippen molar-refractivity contribution in [2.45, 2.75) is 19.9 Å². The van der Waals surface area contributed by atoms with Crippen LogP contribution in [0.3, 0.4) is 0 Å². The first-order valence-electron chi connectivity index (χ1n) is 6.37. The highest BCUT2D eigenvalue weighted by Crippen LogP contribution is 2.29. The molecule has 0 fully saturated rings. The van der Waals surface area contributed by atoms with E-state index in [-0.39, 0.29) is 11.9 Å². The van der Waals surface area contributed by atoms with Crippen molar-refractivity contribution >= 4 is 17.3 Å².